The van der Waals surface area contributed by atoms with Crippen molar-refractivity contribution >= 4 is 23.2 Å². The van der Waals surface area contributed by atoms with Gasteiger partial charge in [0.1, 0.15) is 11.6 Å². The number of hydrogen-bond acceptors (Lipinski definition) is 2. The largest absolute Gasteiger partial charge is 0.493 e. The van der Waals surface area contributed by atoms with Gasteiger partial charge in [-0.15, -0.1) is 0 Å². The second-order valence-corrected chi connectivity index (χ2v) is 5.24. The van der Waals surface area contributed by atoms with Crippen molar-refractivity contribution in [1.82, 2.24) is 0 Å². The van der Waals surface area contributed by atoms with Crippen LogP contribution in [0.25, 0.3) is 0 Å². The standard InChI is InChI=1S/C17H17ClFNO2/c1-2-3-10-22-16-9-4-12(18)11-15(16)17(21)20-14-7-5-13(19)6-8-14/h4-9,11H,2-3,10H2,1H3,(H,20,21). The van der Waals surface area contributed by atoms with Crippen molar-refractivity contribution in [2.24, 2.45) is 0 Å². The predicted molar refractivity (Wildman–Crippen MR) is 86.2 cm³/mol. The fraction of sp³-hybridized carbons (Fsp3) is 0.235. The van der Waals surface area contributed by atoms with Crippen LogP contribution >= 0.6 is 11.6 Å². The predicted octanol–water partition coefficient (Wildman–Crippen LogP) is 4.91. The summed E-state index contributed by atoms with van der Waals surface area (Å²) < 4.78 is 18.5. The molecule has 0 fully saturated rings. The molecule has 0 heterocycles. The molecule has 0 bridgehead atoms. The molecule has 0 spiro atoms. The van der Waals surface area contributed by atoms with E-state index in [1.54, 1.807) is 18.2 Å². The Labute approximate surface area is 134 Å². The first-order valence-electron chi connectivity index (χ1n) is 7.09. The van der Waals surface area contributed by atoms with Gasteiger partial charge in [-0.3, -0.25) is 4.79 Å². The van der Waals surface area contributed by atoms with Gasteiger partial charge < -0.3 is 10.1 Å². The minimum atomic E-state index is -0.357. The van der Waals surface area contributed by atoms with Crippen LogP contribution in [0.4, 0.5) is 10.1 Å². The van der Waals surface area contributed by atoms with E-state index in [1.165, 1.54) is 24.3 Å². The maximum absolute atomic E-state index is 12.9. The molecule has 0 saturated heterocycles. The average Bonchev–Trinajstić information content (AvgIpc) is 2.51. The van der Waals surface area contributed by atoms with Gasteiger partial charge in [-0.05, 0) is 48.9 Å². The molecule has 0 atom stereocenters. The van der Waals surface area contributed by atoms with E-state index in [9.17, 15) is 9.18 Å². The second-order valence-electron chi connectivity index (χ2n) is 4.80. The smallest absolute Gasteiger partial charge is 0.259 e. The third kappa shape index (κ3) is 4.46. The number of unbranched alkanes of at least 4 members (excludes halogenated alkanes) is 1. The van der Waals surface area contributed by atoms with E-state index in [0.717, 1.165) is 12.8 Å². The van der Waals surface area contributed by atoms with Gasteiger partial charge in [-0.1, -0.05) is 24.9 Å². The molecule has 22 heavy (non-hydrogen) atoms. The quantitative estimate of drug-likeness (QED) is 0.768. The molecule has 0 unspecified atom stereocenters. The van der Waals surface area contributed by atoms with Gasteiger partial charge in [0.2, 0.25) is 0 Å². The topological polar surface area (TPSA) is 38.3 Å². The number of rotatable bonds is 6. The van der Waals surface area contributed by atoms with E-state index in [-0.39, 0.29) is 11.7 Å². The summed E-state index contributed by atoms with van der Waals surface area (Å²) in [5.74, 6) is -0.220. The first-order valence-corrected chi connectivity index (χ1v) is 7.47. The summed E-state index contributed by atoms with van der Waals surface area (Å²) in [7, 11) is 0. The average molecular weight is 322 g/mol. The van der Waals surface area contributed by atoms with Gasteiger partial charge in [0.15, 0.2) is 0 Å². The highest BCUT2D eigenvalue weighted by Crippen LogP contribution is 2.24. The van der Waals surface area contributed by atoms with Gasteiger partial charge in [0.05, 0.1) is 12.2 Å². The zero-order valence-corrected chi connectivity index (χ0v) is 13.0. The van der Waals surface area contributed by atoms with Crippen molar-refractivity contribution in [3.63, 3.8) is 0 Å². The SMILES string of the molecule is CCCCOc1ccc(Cl)cc1C(=O)Nc1ccc(F)cc1. The van der Waals surface area contributed by atoms with Crippen molar-refractivity contribution in [3.8, 4) is 5.75 Å². The molecule has 2 aromatic rings. The minimum absolute atomic E-state index is 0.347. The highest BCUT2D eigenvalue weighted by Gasteiger charge is 2.14. The fourth-order valence-electron chi connectivity index (χ4n) is 1.86. The van der Waals surface area contributed by atoms with Crippen LogP contribution < -0.4 is 10.1 Å². The molecule has 0 radical (unpaired) electrons. The minimum Gasteiger partial charge on any atom is -0.493 e. The monoisotopic (exact) mass is 321 g/mol. The maximum Gasteiger partial charge on any atom is 0.259 e. The molecule has 0 aromatic heterocycles. The summed E-state index contributed by atoms with van der Waals surface area (Å²) in [5, 5.41) is 3.15. The molecule has 3 nitrogen and oxygen atoms in total. The Bertz CT molecular complexity index is 644. The van der Waals surface area contributed by atoms with Crippen LogP contribution in [0.2, 0.25) is 5.02 Å². The van der Waals surface area contributed by atoms with Crippen LogP contribution in [0, 0.1) is 5.82 Å². The van der Waals surface area contributed by atoms with Crippen LogP contribution in [-0.2, 0) is 0 Å². The van der Waals surface area contributed by atoms with Gasteiger partial charge in [0, 0.05) is 10.7 Å². The van der Waals surface area contributed by atoms with Crippen molar-refractivity contribution in [2.75, 3.05) is 11.9 Å². The highest BCUT2D eigenvalue weighted by molar-refractivity contribution is 6.31. The lowest BCUT2D eigenvalue weighted by atomic mass is 10.1. The van der Waals surface area contributed by atoms with Crippen molar-refractivity contribution in [2.45, 2.75) is 19.8 Å². The zero-order valence-electron chi connectivity index (χ0n) is 12.2. The lowest BCUT2D eigenvalue weighted by Crippen LogP contribution is -2.14. The number of ether oxygens (including phenoxy) is 1. The summed E-state index contributed by atoms with van der Waals surface area (Å²) in [6.45, 7) is 2.60. The molecule has 2 rings (SSSR count). The van der Waals surface area contributed by atoms with E-state index in [4.69, 9.17) is 16.3 Å². The number of anilines is 1. The van der Waals surface area contributed by atoms with E-state index < -0.39 is 0 Å². The summed E-state index contributed by atoms with van der Waals surface area (Å²) in [5.41, 5.74) is 0.860. The second kappa shape index (κ2) is 7.80. The number of halogens is 2. The Kier molecular flexibility index (Phi) is 5.78. The zero-order chi connectivity index (χ0) is 15.9. The number of carbonyl (C=O) groups is 1. The number of amides is 1. The molecule has 2 aromatic carbocycles. The Balaban J connectivity index is 2.16. The first-order chi connectivity index (χ1) is 10.6. The molecule has 0 saturated carbocycles. The Morgan fingerprint density at radius 3 is 2.64 bits per heavy atom. The normalized spacial score (nSPS) is 10.3. The third-order valence-electron chi connectivity index (χ3n) is 3.04. The maximum atomic E-state index is 12.9. The van der Waals surface area contributed by atoms with Crippen LogP contribution in [0.15, 0.2) is 42.5 Å². The summed E-state index contributed by atoms with van der Waals surface area (Å²) >= 11 is 5.96. The van der Waals surface area contributed by atoms with E-state index in [0.29, 0.717) is 28.6 Å². The number of hydrogen-bond donors (Lipinski definition) is 1. The lowest BCUT2D eigenvalue weighted by molar-refractivity contribution is 0.102. The molecule has 5 heteroatoms. The van der Waals surface area contributed by atoms with Crippen LogP contribution in [0.5, 0.6) is 5.75 Å². The first kappa shape index (κ1) is 16.3. The van der Waals surface area contributed by atoms with Crippen molar-refractivity contribution < 1.29 is 13.9 Å². The van der Waals surface area contributed by atoms with E-state index in [1.807, 2.05) is 0 Å². The summed E-state index contributed by atoms with van der Waals surface area (Å²) in [4.78, 5) is 12.4. The number of carbonyl (C=O) groups excluding carboxylic acids is 1. The van der Waals surface area contributed by atoms with Gasteiger partial charge >= 0.3 is 0 Å². The molecule has 1 amide bonds. The summed E-state index contributed by atoms with van der Waals surface area (Å²) in [6.07, 6.45) is 1.91. The number of nitrogens with one attached hydrogen (secondary N) is 1. The van der Waals surface area contributed by atoms with Gasteiger partial charge in [-0.25, -0.2) is 4.39 Å². The fourth-order valence-corrected chi connectivity index (χ4v) is 2.04. The Hall–Kier alpha value is -2.07. The third-order valence-corrected chi connectivity index (χ3v) is 3.28. The van der Waals surface area contributed by atoms with E-state index >= 15 is 0 Å². The Morgan fingerprint density at radius 1 is 1.23 bits per heavy atom. The Morgan fingerprint density at radius 2 is 1.95 bits per heavy atom. The van der Waals surface area contributed by atoms with Gasteiger partial charge in [-0.2, -0.15) is 0 Å². The number of benzene rings is 2. The lowest BCUT2D eigenvalue weighted by Gasteiger charge is -2.12. The molecule has 0 aliphatic carbocycles. The van der Waals surface area contributed by atoms with Crippen molar-refractivity contribution in [1.29, 1.82) is 0 Å². The molecule has 0 aliphatic heterocycles. The highest BCUT2D eigenvalue weighted by atomic mass is 35.5. The van der Waals surface area contributed by atoms with Crippen LogP contribution in [-0.4, -0.2) is 12.5 Å². The van der Waals surface area contributed by atoms with Crippen LogP contribution in [0.3, 0.4) is 0 Å². The van der Waals surface area contributed by atoms with E-state index in [2.05, 4.69) is 12.2 Å². The molecule has 116 valence electrons. The summed E-state index contributed by atoms with van der Waals surface area (Å²) in [6, 6.07) is 10.5. The molecular formula is C17H17ClFNO2. The van der Waals surface area contributed by atoms with Crippen LogP contribution in [0.1, 0.15) is 30.1 Å². The molecule has 1 N–H and O–H groups in total. The van der Waals surface area contributed by atoms with Gasteiger partial charge in [0.25, 0.3) is 5.91 Å². The molecule has 0 aliphatic rings. The van der Waals surface area contributed by atoms with Crippen molar-refractivity contribution in [3.05, 3.63) is 58.9 Å². The molecular weight excluding hydrogens is 305 g/mol.